The highest BCUT2D eigenvalue weighted by atomic mass is 35.5. The molecule has 2 nitrogen and oxygen atoms in total. The fourth-order valence-electron chi connectivity index (χ4n) is 3.09. The largest absolute Gasteiger partial charge is 0.496 e. The number of benzene rings is 3. The second-order valence-corrected chi connectivity index (χ2v) is 6.33. The topological polar surface area (TPSA) is 22.1 Å². The van der Waals surface area contributed by atoms with E-state index in [-0.39, 0.29) is 5.82 Å². The summed E-state index contributed by atoms with van der Waals surface area (Å²) >= 11 is 6.18. The molecule has 0 bridgehead atoms. The molecule has 0 saturated heterocycles. The predicted octanol–water partition coefficient (Wildman–Crippen LogP) is 6.37. The van der Waals surface area contributed by atoms with Gasteiger partial charge >= 0.3 is 0 Å². The van der Waals surface area contributed by atoms with Gasteiger partial charge in [-0.15, -0.1) is 0 Å². The Morgan fingerprint density at radius 3 is 2.35 bits per heavy atom. The van der Waals surface area contributed by atoms with Crippen LogP contribution in [-0.2, 0) is 0 Å². The predicted molar refractivity (Wildman–Crippen MR) is 104 cm³/mol. The zero-order valence-corrected chi connectivity index (χ0v) is 14.8. The SMILES string of the molecule is COc1ccccc1-c1cc(-c2ccccc2F)c2cc(Cl)ccc2n1. The van der Waals surface area contributed by atoms with E-state index in [1.807, 2.05) is 48.5 Å². The zero-order valence-electron chi connectivity index (χ0n) is 14.0. The van der Waals surface area contributed by atoms with Crippen LogP contribution in [0.5, 0.6) is 5.75 Å². The third-order valence-electron chi connectivity index (χ3n) is 4.32. The van der Waals surface area contributed by atoms with Gasteiger partial charge in [0.25, 0.3) is 0 Å². The molecular weight excluding hydrogens is 349 g/mol. The molecule has 0 aliphatic carbocycles. The van der Waals surface area contributed by atoms with Crippen LogP contribution in [0, 0.1) is 5.82 Å². The van der Waals surface area contributed by atoms with Gasteiger partial charge in [0.15, 0.2) is 0 Å². The molecule has 0 spiro atoms. The van der Waals surface area contributed by atoms with Crippen molar-refractivity contribution in [1.82, 2.24) is 4.98 Å². The number of nitrogens with zero attached hydrogens (tertiary/aromatic N) is 1. The summed E-state index contributed by atoms with van der Waals surface area (Å²) in [4.78, 5) is 4.75. The van der Waals surface area contributed by atoms with Gasteiger partial charge in [-0.3, -0.25) is 0 Å². The van der Waals surface area contributed by atoms with Crippen LogP contribution in [-0.4, -0.2) is 12.1 Å². The Morgan fingerprint density at radius 1 is 0.846 bits per heavy atom. The number of fused-ring (bicyclic) bond motifs is 1. The molecule has 1 heterocycles. The van der Waals surface area contributed by atoms with Gasteiger partial charge < -0.3 is 4.74 Å². The maximum absolute atomic E-state index is 14.5. The second kappa shape index (κ2) is 6.77. The Hall–Kier alpha value is -2.91. The molecule has 4 heteroatoms. The van der Waals surface area contributed by atoms with E-state index < -0.39 is 0 Å². The number of pyridine rings is 1. The van der Waals surface area contributed by atoms with Crippen molar-refractivity contribution in [2.24, 2.45) is 0 Å². The molecule has 4 rings (SSSR count). The van der Waals surface area contributed by atoms with Crippen LogP contribution in [0.2, 0.25) is 5.02 Å². The highest BCUT2D eigenvalue weighted by molar-refractivity contribution is 6.31. The van der Waals surface area contributed by atoms with Gasteiger partial charge in [0.1, 0.15) is 11.6 Å². The van der Waals surface area contributed by atoms with Crippen molar-refractivity contribution >= 4 is 22.5 Å². The molecule has 0 radical (unpaired) electrons. The first kappa shape index (κ1) is 16.6. The van der Waals surface area contributed by atoms with E-state index in [1.165, 1.54) is 6.07 Å². The average Bonchev–Trinajstić information content (AvgIpc) is 2.67. The maximum atomic E-state index is 14.5. The molecule has 4 aromatic rings. The maximum Gasteiger partial charge on any atom is 0.131 e. The lowest BCUT2D eigenvalue weighted by Crippen LogP contribution is -1.94. The summed E-state index contributed by atoms with van der Waals surface area (Å²) in [5.74, 6) is 0.429. The van der Waals surface area contributed by atoms with Crippen molar-refractivity contribution in [3.63, 3.8) is 0 Å². The fraction of sp³-hybridized carbons (Fsp3) is 0.0455. The van der Waals surface area contributed by atoms with Crippen molar-refractivity contribution in [3.8, 4) is 28.1 Å². The van der Waals surface area contributed by atoms with Crippen LogP contribution in [0.25, 0.3) is 33.3 Å². The van der Waals surface area contributed by atoms with Crippen LogP contribution in [0.3, 0.4) is 0 Å². The minimum Gasteiger partial charge on any atom is -0.496 e. The summed E-state index contributed by atoms with van der Waals surface area (Å²) in [6.45, 7) is 0. The summed E-state index contributed by atoms with van der Waals surface area (Å²) in [6, 6.07) is 21.7. The summed E-state index contributed by atoms with van der Waals surface area (Å²) < 4.78 is 20.0. The molecular formula is C22H15ClFNO. The lowest BCUT2D eigenvalue weighted by atomic mass is 9.97. The molecule has 0 fully saturated rings. The molecule has 0 amide bonds. The highest BCUT2D eigenvalue weighted by Gasteiger charge is 2.14. The number of hydrogen-bond donors (Lipinski definition) is 0. The molecule has 3 aromatic carbocycles. The van der Waals surface area contributed by atoms with Gasteiger partial charge in [0.05, 0.1) is 18.3 Å². The average molecular weight is 364 g/mol. The van der Waals surface area contributed by atoms with E-state index >= 15 is 0 Å². The highest BCUT2D eigenvalue weighted by Crippen LogP contribution is 2.37. The third kappa shape index (κ3) is 2.91. The van der Waals surface area contributed by atoms with Crippen LogP contribution in [0.15, 0.2) is 72.8 Å². The number of aromatic nitrogens is 1. The number of methoxy groups -OCH3 is 1. The van der Waals surface area contributed by atoms with Crippen molar-refractivity contribution in [2.45, 2.75) is 0 Å². The summed E-state index contributed by atoms with van der Waals surface area (Å²) in [5, 5.41) is 1.39. The van der Waals surface area contributed by atoms with Gasteiger partial charge in [0, 0.05) is 21.5 Å². The Balaban J connectivity index is 2.06. The molecule has 1 aromatic heterocycles. The lowest BCUT2D eigenvalue weighted by molar-refractivity contribution is 0.416. The van der Waals surface area contributed by atoms with E-state index in [0.29, 0.717) is 16.3 Å². The third-order valence-corrected chi connectivity index (χ3v) is 4.55. The van der Waals surface area contributed by atoms with E-state index in [9.17, 15) is 4.39 Å². The number of hydrogen-bond acceptors (Lipinski definition) is 2. The van der Waals surface area contributed by atoms with E-state index in [0.717, 1.165) is 27.7 Å². The summed E-state index contributed by atoms with van der Waals surface area (Å²) in [6.07, 6.45) is 0. The smallest absolute Gasteiger partial charge is 0.131 e. The van der Waals surface area contributed by atoms with Crippen LogP contribution >= 0.6 is 11.6 Å². The van der Waals surface area contributed by atoms with Crippen LogP contribution < -0.4 is 4.74 Å². The molecule has 128 valence electrons. The molecule has 0 unspecified atom stereocenters. The van der Waals surface area contributed by atoms with E-state index in [2.05, 4.69) is 0 Å². The number of para-hydroxylation sites is 1. The van der Waals surface area contributed by atoms with Crippen molar-refractivity contribution < 1.29 is 9.13 Å². The van der Waals surface area contributed by atoms with Crippen molar-refractivity contribution in [3.05, 3.63) is 83.6 Å². The molecule has 0 aliphatic heterocycles. The molecule has 0 atom stereocenters. The molecule has 0 N–H and O–H groups in total. The second-order valence-electron chi connectivity index (χ2n) is 5.90. The molecule has 0 saturated carbocycles. The van der Waals surface area contributed by atoms with E-state index in [1.54, 1.807) is 25.3 Å². The number of rotatable bonds is 3. The molecule has 0 aliphatic rings. The number of halogens is 2. The number of ether oxygens (including phenoxy) is 1. The minimum atomic E-state index is -0.286. The van der Waals surface area contributed by atoms with Gasteiger partial charge in [-0.1, -0.05) is 41.9 Å². The normalized spacial score (nSPS) is 10.9. The Bertz CT molecular complexity index is 1110. The fourth-order valence-corrected chi connectivity index (χ4v) is 3.27. The summed E-state index contributed by atoms with van der Waals surface area (Å²) in [7, 11) is 1.62. The van der Waals surface area contributed by atoms with Gasteiger partial charge in [-0.25, -0.2) is 9.37 Å². The van der Waals surface area contributed by atoms with E-state index in [4.69, 9.17) is 21.3 Å². The quantitative estimate of drug-likeness (QED) is 0.422. The Labute approximate surface area is 155 Å². The van der Waals surface area contributed by atoms with Gasteiger partial charge in [0.2, 0.25) is 0 Å². The van der Waals surface area contributed by atoms with Crippen LogP contribution in [0.4, 0.5) is 4.39 Å². The zero-order chi connectivity index (χ0) is 18.1. The first-order valence-electron chi connectivity index (χ1n) is 8.16. The monoisotopic (exact) mass is 363 g/mol. The van der Waals surface area contributed by atoms with Crippen molar-refractivity contribution in [1.29, 1.82) is 0 Å². The van der Waals surface area contributed by atoms with Gasteiger partial charge in [-0.05, 0) is 48.0 Å². The van der Waals surface area contributed by atoms with Gasteiger partial charge in [-0.2, -0.15) is 0 Å². The Kier molecular flexibility index (Phi) is 4.31. The lowest BCUT2D eigenvalue weighted by Gasteiger charge is -2.13. The molecule has 26 heavy (non-hydrogen) atoms. The van der Waals surface area contributed by atoms with Crippen LogP contribution in [0.1, 0.15) is 0 Å². The Morgan fingerprint density at radius 2 is 1.58 bits per heavy atom. The first-order chi connectivity index (χ1) is 12.7. The summed E-state index contributed by atoms with van der Waals surface area (Å²) in [5.41, 5.74) is 3.57. The van der Waals surface area contributed by atoms with Crippen molar-refractivity contribution in [2.75, 3.05) is 7.11 Å². The standard InChI is InChI=1S/C22H15ClFNO/c1-26-22-9-5-3-7-16(22)21-13-17(15-6-2-4-8-19(15)24)18-12-14(23)10-11-20(18)25-21/h2-13H,1H3. The minimum absolute atomic E-state index is 0.286. The first-order valence-corrected chi connectivity index (χ1v) is 8.54.